The van der Waals surface area contributed by atoms with Gasteiger partial charge in [-0.05, 0) is 29.6 Å². The summed E-state index contributed by atoms with van der Waals surface area (Å²) in [7, 11) is 1.67. The summed E-state index contributed by atoms with van der Waals surface area (Å²) in [6.07, 6.45) is 0. The highest BCUT2D eigenvalue weighted by atomic mass is 35.5. The van der Waals surface area contributed by atoms with E-state index in [0.717, 1.165) is 4.88 Å². The SMILES string of the molecule is CN(Cc1cccs1)C(=O)CNC(=O)CNC(=O)c1ccc(Cl)cc1Cl. The number of likely N-dealkylation sites (N-methyl/N-ethyl adjacent to an activating group) is 1. The summed E-state index contributed by atoms with van der Waals surface area (Å²) in [6, 6.07) is 8.30. The molecule has 6 nitrogen and oxygen atoms in total. The summed E-state index contributed by atoms with van der Waals surface area (Å²) in [5.74, 6) is -1.19. The molecule has 0 atom stereocenters. The van der Waals surface area contributed by atoms with E-state index in [4.69, 9.17) is 23.2 Å². The second-order valence-corrected chi connectivity index (χ2v) is 7.29. The number of thiophene rings is 1. The van der Waals surface area contributed by atoms with Crippen molar-refractivity contribution in [3.63, 3.8) is 0 Å². The van der Waals surface area contributed by atoms with E-state index >= 15 is 0 Å². The van der Waals surface area contributed by atoms with E-state index < -0.39 is 11.8 Å². The van der Waals surface area contributed by atoms with Gasteiger partial charge in [0, 0.05) is 16.9 Å². The van der Waals surface area contributed by atoms with Crippen molar-refractivity contribution >= 4 is 52.3 Å². The van der Waals surface area contributed by atoms with Gasteiger partial charge in [0.1, 0.15) is 0 Å². The van der Waals surface area contributed by atoms with Crippen LogP contribution in [0.1, 0.15) is 15.2 Å². The molecule has 0 radical (unpaired) electrons. The minimum absolute atomic E-state index is 0.141. The summed E-state index contributed by atoms with van der Waals surface area (Å²) in [4.78, 5) is 38.4. The molecule has 1 heterocycles. The molecule has 2 rings (SSSR count). The third-order valence-electron chi connectivity index (χ3n) is 3.42. The lowest BCUT2D eigenvalue weighted by atomic mass is 10.2. The molecule has 0 bridgehead atoms. The number of benzene rings is 1. The Balaban J connectivity index is 1.74. The molecular formula is C17H17Cl2N3O3S. The minimum atomic E-state index is -0.497. The summed E-state index contributed by atoms with van der Waals surface area (Å²) in [6.45, 7) is 0.0795. The molecule has 0 aliphatic rings. The van der Waals surface area contributed by atoms with Crippen molar-refractivity contribution in [1.82, 2.24) is 15.5 Å². The molecule has 3 amide bonds. The molecule has 0 fully saturated rings. The summed E-state index contributed by atoms with van der Waals surface area (Å²) < 4.78 is 0. The second-order valence-electron chi connectivity index (χ2n) is 5.41. The maximum atomic E-state index is 12.0. The summed E-state index contributed by atoms with van der Waals surface area (Å²) in [5.41, 5.74) is 0.218. The standard InChI is InChI=1S/C17H17Cl2N3O3S/c1-22(10-12-3-2-6-26-12)16(24)9-20-15(23)8-21-17(25)13-5-4-11(18)7-14(13)19/h2-7H,8-10H2,1H3,(H,20,23)(H,21,25). The number of nitrogens with one attached hydrogen (secondary N) is 2. The van der Waals surface area contributed by atoms with E-state index in [1.807, 2.05) is 17.5 Å². The highest BCUT2D eigenvalue weighted by Gasteiger charge is 2.14. The van der Waals surface area contributed by atoms with Gasteiger partial charge in [-0.15, -0.1) is 11.3 Å². The first-order valence-electron chi connectivity index (χ1n) is 7.63. The first-order chi connectivity index (χ1) is 12.4. The van der Waals surface area contributed by atoms with Gasteiger partial charge in [-0.2, -0.15) is 0 Å². The van der Waals surface area contributed by atoms with E-state index in [-0.39, 0.29) is 29.6 Å². The zero-order chi connectivity index (χ0) is 19.1. The van der Waals surface area contributed by atoms with Crippen molar-refractivity contribution in [2.24, 2.45) is 0 Å². The summed E-state index contributed by atoms with van der Waals surface area (Å²) >= 11 is 13.3. The highest BCUT2D eigenvalue weighted by molar-refractivity contribution is 7.09. The quantitative estimate of drug-likeness (QED) is 0.731. The lowest BCUT2D eigenvalue weighted by Gasteiger charge is -2.16. The van der Waals surface area contributed by atoms with Crippen LogP contribution in [0.25, 0.3) is 0 Å². The van der Waals surface area contributed by atoms with E-state index in [1.54, 1.807) is 18.4 Å². The van der Waals surface area contributed by atoms with Gasteiger partial charge in [0.05, 0.1) is 30.2 Å². The van der Waals surface area contributed by atoms with Crippen LogP contribution in [0, 0.1) is 0 Å². The number of halogens is 2. The number of nitrogens with zero attached hydrogens (tertiary/aromatic N) is 1. The van der Waals surface area contributed by atoms with E-state index in [2.05, 4.69) is 10.6 Å². The van der Waals surface area contributed by atoms with Crippen molar-refractivity contribution < 1.29 is 14.4 Å². The second kappa shape index (κ2) is 9.56. The zero-order valence-corrected chi connectivity index (χ0v) is 16.2. The average Bonchev–Trinajstić information content (AvgIpc) is 3.10. The van der Waals surface area contributed by atoms with Crippen LogP contribution in [0.4, 0.5) is 0 Å². The fourth-order valence-electron chi connectivity index (χ4n) is 2.03. The molecule has 138 valence electrons. The van der Waals surface area contributed by atoms with Crippen molar-refractivity contribution in [2.75, 3.05) is 20.1 Å². The van der Waals surface area contributed by atoms with Gasteiger partial charge in [-0.1, -0.05) is 29.3 Å². The number of carbonyl (C=O) groups is 3. The first-order valence-corrected chi connectivity index (χ1v) is 9.26. The Morgan fingerprint density at radius 2 is 1.88 bits per heavy atom. The molecule has 0 spiro atoms. The predicted octanol–water partition coefficient (Wildman–Crippen LogP) is 2.56. The highest BCUT2D eigenvalue weighted by Crippen LogP contribution is 2.20. The Hall–Kier alpha value is -2.09. The third kappa shape index (κ3) is 6.01. The van der Waals surface area contributed by atoms with Crippen LogP contribution in [0.2, 0.25) is 10.0 Å². The molecule has 26 heavy (non-hydrogen) atoms. The van der Waals surface area contributed by atoms with Crippen LogP contribution in [-0.2, 0) is 16.1 Å². The third-order valence-corrected chi connectivity index (χ3v) is 4.83. The van der Waals surface area contributed by atoms with Crippen molar-refractivity contribution in [1.29, 1.82) is 0 Å². The number of rotatable bonds is 7. The zero-order valence-electron chi connectivity index (χ0n) is 13.9. The summed E-state index contributed by atoms with van der Waals surface area (Å²) in [5, 5.41) is 7.47. The molecule has 9 heteroatoms. The van der Waals surface area contributed by atoms with Crippen LogP contribution in [-0.4, -0.2) is 42.8 Å². The van der Waals surface area contributed by atoms with Crippen molar-refractivity contribution in [2.45, 2.75) is 6.54 Å². The van der Waals surface area contributed by atoms with Crippen molar-refractivity contribution in [3.8, 4) is 0 Å². The van der Waals surface area contributed by atoms with Gasteiger partial charge < -0.3 is 15.5 Å². The number of hydrogen-bond acceptors (Lipinski definition) is 4. The molecule has 0 unspecified atom stereocenters. The fraction of sp³-hybridized carbons (Fsp3) is 0.235. The van der Waals surface area contributed by atoms with Gasteiger partial charge in [0.2, 0.25) is 11.8 Å². The monoisotopic (exact) mass is 413 g/mol. The Kier molecular flexibility index (Phi) is 7.44. The smallest absolute Gasteiger partial charge is 0.253 e. The Morgan fingerprint density at radius 3 is 2.54 bits per heavy atom. The van der Waals surface area contributed by atoms with Crippen LogP contribution in [0.5, 0.6) is 0 Å². The van der Waals surface area contributed by atoms with Crippen LogP contribution in [0.15, 0.2) is 35.7 Å². The first kappa shape index (κ1) is 20.2. The Bertz CT molecular complexity index is 797. The van der Waals surface area contributed by atoms with Gasteiger partial charge in [0.25, 0.3) is 5.91 Å². The van der Waals surface area contributed by atoms with Gasteiger partial charge in [0.15, 0.2) is 0 Å². The van der Waals surface area contributed by atoms with E-state index in [9.17, 15) is 14.4 Å². The normalized spacial score (nSPS) is 10.3. The van der Waals surface area contributed by atoms with Gasteiger partial charge in [-0.25, -0.2) is 0 Å². The molecule has 0 saturated heterocycles. The maximum absolute atomic E-state index is 12.0. The number of amides is 3. The van der Waals surface area contributed by atoms with Crippen LogP contribution < -0.4 is 10.6 Å². The molecule has 1 aromatic carbocycles. The molecule has 1 aromatic heterocycles. The van der Waals surface area contributed by atoms with Gasteiger partial charge >= 0.3 is 0 Å². The lowest BCUT2D eigenvalue weighted by Crippen LogP contribution is -2.42. The maximum Gasteiger partial charge on any atom is 0.253 e. The van der Waals surface area contributed by atoms with Gasteiger partial charge in [-0.3, -0.25) is 14.4 Å². The molecule has 2 N–H and O–H groups in total. The fourth-order valence-corrected chi connectivity index (χ4v) is 3.28. The average molecular weight is 414 g/mol. The Morgan fingerprint density at radius 1 is 1.12 bits per heavy atom. The molecule has 2 aromatic rings. The van der Waals surface area contributed by atoms with Crippen molar-refractivity contribution in [3.05, 3.63) is 56.2 Å². The minimum Gasteiger partial charge on any atom is -0.345 e. The molecule has 0 aliphatic heterocycles. The predicted molar refractivity (Wildman–Crippen MR) is 103 cm³/mol. The van der Waals surface area contributed by atoms with E-state index in [0.29, 0.717) is 11.6 Å². The topological polar surface area (TPSA) is 78.5 Å². The molecular weight excluding hydrogens is 397 g/mol. The molecule has 0 aliphatic carbocycles. The Labute approximate surface area is 165 Å². The van der Waals surface area contributed by atoms with E-state index in [1.165, 1.54) is 23.1 Å². The number of carbonyl (C=O) groups excluding carboxylic acids is 3. The lowest BCUT2D eigenvalue weighted by molar-refractivity contribution is -0.132. The van der Waals surface area contributed by atoms with Crippen LogP contribution in [0.3, 0.4) is 0 Å². The van der Waals surface area contributed by atoms with Crippen LogP contribution >= 0.6 is 34.5 Å². The largest absolute Gasteiger partial charge is 0.345 e. The molecule has 0 saturated carbocycles. The number of hydrogen-bond donors (Lipinski definition) is 2.